The van der Waals surface area contributed by atoms with Gasteiger partial charge in [0.1, 0.15) is 0 Å². The molecule has 0 radical (unpaired) electrons. The lowest BCUT2D eigenvalue weighted by Crippen LogP contribution is -2.38. The van der Waals surface area contributed by atoms with Crippen molar-refractivity contribution >= 4 is 56.4 Å². The first-order valence-electron chi connectivity index (χ1n) is 10.8. The van der Waals surface area contributed by atoms with E-state index in [4.69, 9.17) is 34.8 Å². The summed E-state index contributed by atoms with van der Waals surface area (Å²) in [7, 11) is -4.23. The van der Waals surface area contributed by atoms with Crippen LogP contribution in [0.5, 0.6) is 0 Å². The minimum atomic E-state index is -4.73. The van der Waals surface area contributed by atoms with Crippen LogP contribution in [0.15, 0.2) is 53.4 Å². The maximum atomic E-state index is 13.8. The first-order chi connectivity index (χ1) is 17.1. The zero-order chi connectivity index (χ0) is 27.7. The van der Waals surface area contributed by atoms with Crippen molar-refractivity contribution < 1.29 is 26.4 Å². The molecule has 1 amide bonds. The highest BCUT2D eigenvalue weighted by molar-refractivity contribution is 7.89. The van der Waals surface area contributed by atoms with Crippen molar-refractivity contribution in [3.63, 3.8) is 0 Å². The van der Waals surface area contributed by atoms with Crippen molar-refractivity contribution in [2.75, 3.05) is 11.9 Å². The normalized spacial score (nSPS) is 12.2. The molecule has 0 spiro atoms. The van der Waals surface area contributed by atoms with Crippen LogP contribution >= 0.6 is 34.8 Å². The first kappa shape index (κ1) is 29.3. The lowest BCUT2D eigenvalue weighted by Gasteiger charge is -2.24. The van der Waals surface area contributed by atoms with E-state index in [2.05, 4.69) is 5.32 Å². The van der Waals surface area contributed by atoms with Crippen LogP contribution in [0, 0.1) is 20.8 Å². The highest BCUT2D eigenvalue weighted by atomic mass is 35.5. The van der Waals surface area contributed by atoms with Gasteiger partial charge >= 0.3 is 6.18 Å². The second kappa shape index (κ2) is 11.2. The van der Waals surface area contributed by atoms with Gasteiger partial charge in [0.15, 0.2) is 0 Å². The van der Waals surface area contributed by atoms with E-state index < -0.39 is 39.2 Å². The van der Waals surface area contributed by atoms with Gasteiger partial charge in [-0.25, -0.2) is 8.42 Å². The molecule has 0 saturated heterocycles. The third-order valence-electron chi connectivity index (χ3n) is 5.42. The van der Waals surface area contributed by atoms with Crippen LogP contribution in [0.25, 0.3) is 0 Å². The Labute approximate surface area is 228 Å². The van der Waals surface area contributed by atoms with Crippen LogP contribution in [0.2, 0.25) is 15.1 Å². The molecule has 0 aromatic heterocycles. The van der Waals surface area contributed by atoms with Crippen molar-refractivity contribution in [1.82, 2.24) is 4.31 Å². The van der Waals surface area contributed by atoms with Gasteiger partial charge in [-0.15, -0.1) is 0 Å². The van der Waals surface area contributed by atoms with Crippen LogP contribution in [-0.4, -0.2) is 25.2 Å². The summed E-state index contributed by atoms with van der Waals surface area (Å²) in [5, 5.41) is 2.27. The summed E-state index contributed by atoms with van der Waals surface area (Å²) in [6.45, 7) is 4.21. The fourth-order valence-electron chi connectivity index (χ4n) is 3.95. The average Bonchev–Trinajstić information content (AvgIpc) is 2.75. The molecule has 0 aliphatic rings. The van der Waals surface area contributed by atoms with Gasteiger partial charge in [-0.1, -0.05) is 58.6 Å². The predicted molar refractivity (Wildman–Crippen MR) is 140 cm³/mol. The summed E-state index contributed by atoms with van der Waals surface area (Å²) < 4.78 is 68.2. The Morgan fingerprint density at radius 1 is 0.892 bits per heavy atom. The quantitative estimate of drug-likeness (QED) is 0.310. The summed E-state index contributed by atoms with van der Waals surface area (Å²) in [6, 6.07) is 10.9. The molecule has 3 aromatic rings. The summed E-state index contributed by atoms with van der Waals surface area (Å²) in [6.07, 6.45) is -4.73. The van der Waals surface area contributed by atoms with E-state index in [1.54, 1.807) is 32.0 Å². The molecular weight excluding hydrogens is 572 g/mol. The molecule has 12 heteroatoms. The van der Waals surface area contributed by atoms with E-state index in [1.165, 1.54) is 18.2 Å². The van der Waals surface area contributed by atoms with Crippen LogP contribution < -0.4 is 5.32 Å². The number of aryl methyl sites for hydroxylation is 3. The Balaban J connectivity index is 1.99. The molecule has 3 aromatic carbocycles. The second-order valence-corrected chi connectivity index (χ2v) is 11.6. The van der Waals surface area contributed by atoms with Crippen LogP contribution in [-0.2, 0) is 27.5 Å². The molecule has 198 valence electrons. The lowest BCUT2D eigenvalue weighted by molar-refractivity contribution is -0.137. The Kier molecular flexibility index (Phi) is 8.86. The highest BCUT2D eigenvalue weighted by Gasteiger charge is 2.34. The summed E-state index contributed by atoms with van der Waals surface area (Å²) >= 11 is 17.7. The van der Waals surface area contributed by atoms with Gasteiger partial charge in [0, 0.05) is 12.2 Å². The van der Waals surface area contributed by atoms with E-state index in [9.17, 15) is 26.4 Å². The van der Waals surface area contributed by atoms with Gasteiger partial charge < -0.3 is 5.32 Å². The number of nitrogens with zero attached hydrogens (tertiary/aromatic N) is 1. The number of carbonyl (C=O) groups is 1. The lowest BCUT2D eigenvalue weighted by atomic mass is 10.1. The van der Waals surface area contributed by atoms with E-state index in [0.717, 1.165) is 15.9 Å². The number of carbonyl (C=O) groups excluding carboxylic acids is 1. The Morgan fingerprint density at radius 2 is 1.49 bits per heavy atom. The fourth-order valence-corrected chi connectivity index (χ4v) is 6.29. The smallest absolute Gasteiger partial charge is 0.325 e. The maximum Gasteiger partial charge on any atom is 0.417 e. The molecule has 0 fully saturated rings. The summed E-state index contributed by atoms with van der Waals surface area (Å²) in [5.74, 6) is -0.846. The van der Waals surface area contributed by atoms with E-state index in [0.29, 0.717) is 22.8 Å². The number of nitrogens with one attached hydrogen (secondary N) is 1. The van der Waals surface area contributed by atoms with Crippen LogP contribution in [0.3, 0.4) is 0 Å². The van der Waals surface area contributed by atoms with Crippen molar-refractivity contribution in [2.24, 2.45) is 0 Å². The van der Waals surface area contributed by atoms with Crippen molar-refractivity contribution in [2.45, 2.75) is 38.4 Å². The number of rotatable bonds is 7. The first-order valence-corrected chi connectivity index (χ1v) is 13.4. The van der Waals surface area contributed by atoms with Crippen molar-refractivity contribution in [3.8, 4) is 0 Å². The van der Waals surface area contributed by atoms with Crippen molar-refractivity contribution in [3.05, 3.63) is 91.4 Å². The minimum absolute atomic E-state index is 0.0387. The number of amides is 1. The third-order valence-corrected chi connectivity index (χ3v) is 8.59. The van der Waals surface area contributed by atoms with Gasteiger partial charge in [-0.2, -0.15) is 17.5 Å². The van der Waals surface area contributed by atoms with Crippen LogP contribution in [0.4, 0.5) is 18.9 Å². The molecule has 0 heterocycles. The zero-order valence-corrected chi connectivity index (χ0v) is 23.0. The fraction of sp³-hybridized carbons (Fsp3) is 0.240. The average molecular weight is 594 g/mol. The number of benzene rings is 3. The number of hydrogen-bond acceptors (Lipinski definition) is 3. The predicted octanol–water partition coefficient (Wildman–Crippen LogP) is 7.42. The number of sulfonamides is 1. The molecule has 0 aliphatic carbocycles. The number of alkyl halides is 3. The van der Waals surface area contributed by atoms with Gasteiger partial charge in [0.05, 0.1) is 32.1 Å². The molecule has 0 atom stereocenters. The van der Waals surface area contributed by atoms with E-state index in [1.807, 2.05) is 6.92 Å². The molecule has 0 saturated carbocycles. The second-order valence-electron chi connectivity index (χ2n) is 8.49. The Morgan fingerprint density at radius 3 is 2.05 bits per heavy atom. The largest absolute Gasteiger partial charge is 0.417 e. The third kappa shape index (κ3) is 6.97. The van der Waals surface area contributed by atoms with Gasteiger partial charge in [0.25, 0.3) is 0 Å². The Bertz CT molecular complexity index is 1440. The van der Waals surface area contributed by atoms with Gasteiger partial charge in [-0.3, -0.25) is 4.79 Å². The molecule has 0 aliphatic heterocycles. The van der Waals surface area contributed by atoms with Gasteiger partial charge in [-0.05, 0) is 67.8 Å². The standard InChI is InChI=1S/C25H22Cl3F3N2O3S/c1-14-8-15(2)24(16(3)9-14)37(35,36)33(12-17-4-6-21(27)22(28)10-17)13-23(34)32-18-5-7-20(26)19(11-18)25(29,30)31/h4-11H,12-13H2,1-3H3,(H,32,34). The molecular formula is C25H22Cl3F3N2O3S. The molecule has 37 heavy (non-hydrogen) atoms. The minimum Gasteiger partial charge on any atom is -0.325 e. The zero-order valence-electron chi connectivity index (χ0n) is 19.9. The molecule has 3 rings (SSSR count). The monoisotopic (exact) mass is 592 g/mol. The molecule has 1 N–H and O–H groups in total. The topological polar surface area (TPSA) is 66.5 Å². The van der Waals surface area contributed by atoms with E-state index in [-0.39, 0.29) is 27.2 Å². The summed E-state index contributed by atoms with van der Waals surface area (Å²) in [4.78, 5) is 12.9. The SMILES string of the molecule is Cc1cc(C)c(S(=O)(=O)N(CC(=O)Nc2ccc(Cl)c(C(F)(F)F)c2)Cc2ccc(Cl)c(Cl)c2)c(C)c1. The highest BCUT2D eigenvalue weighted by Crippen LogP contribution is 2.36. The molecule has 0 bridgehead atoms. The number of anilines is 1. The maximum absolute atomic E-state index is 13.8. The molecule has 0 unspecified atom stereocenters. The van der Waals surface area contributed by atoms with E-state index >= 15 is 0 Å². The number of hydrogen-bond donors (Lipinski definition) is 1. The Hall–Kier alpha value is -2.30. The van der Waals surface area contributed by atoms with Crippen molar-refractivity contribution in [1.29, 1.82) is 0 Å². The van der Waals surface area contributed by atoms with Crippen LogP contribution in [0.1, 0.15) is 27.8 Å². The number of halogens is 6. The van der Waals surface area contributed by atoms with Gasteiger partial charge in [0.2, 0.25) is 15.9 Å². The summed E-state index contributed by atoms with van der Waals surface area (Å²) in [5.41, 5.74) is 0.994. The molecule has 5 nitrogen and oxygen atoms in total.